The summed E-state index contributed by atoms with van der Waals surface area (Å²) in [6.07, 6.45) is 5.22. The van der Waals surface area contributed by atoms with Crippen LogP contribution < -0.4 is 0 Å². The lowest BCUT2D eigenvalue weighted by Gasteiger charge is -2.05. The maximum atomic E-state index is 2.55. The second-order valence-electron chi connectivity index (χ2n) is 3.38. The van der Waals surface area contributed by atoms with Crippen LogP contribution >= 0.6 is 22.6 Å². The van der Waals surface area contributed by atoms with E-state index in [0.717, 1.165) is 3.92 Å². The summed E-state index contributed by atoms with van der Waals surface area (Å²) in [5, 5.41) is 0. The summed E-state index contributed by atoms with van der Waals surface area (Å²) in [6.45, 7) is 2.26. The molecule has 0 bridgehead atoms. The molecule has 0 spiro atoms. The first-order chi connectivity index (χ1) is 6.33. The molecule has 0 amide bonds. The minimum atomic E-state index is 0.862. The van der Waals surface area contributed by atoms with Gasteiger partial charge in [-0.3, -0.25) is 0 Å². The van der Waals surface area contributed by atoms with Gasteiger partial charge in [-0.2, -0.15) is 0 Å². The molecular formula is C12H17I. The first kappa shape index (κ1) is 11.0. The topological polar surface area (TPSA) is 0 Å². The molecule has 0 heterocycles. The van der Waals surface area contributed by atoms with Crippen molar-refractivity contribution in [2.45, 2.75) is 36.5 Å². The Balaban J connectivity index is 2.20. The number of aryl methyl sites for hydroxylation is 1. The highest BCUT2D eigenvalue weighted by atomic mass is 127. The third kappa shape index (κ3) is 4.65. The molecule has 0 aromatic heterocycles. The van der Waals surface area contributed by atoms with Gasteiger partial charge in [-0.25, -0.2) is 0 Å². The van der Waals surface area contributed by atoms with Crippen LogP contribution in [0.25, 0.3) is 0 Å². The van der Waals surface area contributed by atoms with Gasteiger partial charge in [-0.1, -0.05) is 59.8 Å². The quantitative estimate of drug-likeness (QED) is 0.562. The van der Waals surface area contributed by atoms with Crippen molar-refractivity contribution >= 4 is 22.6 Å². The first-order valence-corrected chi connectivity index (χ1v) is 6.25. The highest BCUT2D eigenvalue weighted by Gasteiger charge is 1.99. The fourth-order valence-electron chi connectivity index (χ4n) is 1.38. The Bertz CT molecular complexity index is 218. The Kier molecular flexibility index (Phi) is 5.44. The molecule has 1 aromatic rings. The number of hydrogen-bond donors (Lipinski definition) is 0. The van der Waals surface area contributed by atoms with E-state index in [9.17, 15) is 0 Å². The number of halogens is 1. The van der Waals surface area contributed by atoms with E-state index in [-0.39, 0.29) is 0 Å². The van der Waals surface area contributed by atoms with Crippen LogP contribution in [0.5, 0.6) is 0 Å². The number of benzene rings is 1. The number of rotatable bonds is 5. The molecule has 0 radical (unpaired) electrons. The van der Waals surface area contributed by atoms with Gasteiger partial charge >= 0.3 is 0 Å². The van der Waals surface area contributed by atoms with Gasteiger partial charge in [-0.05, 0) is 31.2 Å². The lowest BCUT2D eigenvalue weighted by Crippen LogP contribution is -1.95. The SMILES string of the molecule is CCC(I)CCCc1ccccc1. The number of alkyl halides is 1. The lowest BCUT2D eigenvalue weighted by atomic mass is 10.1. The van der Waals surface area contributed by atoms with Gasteiger partial charge in [0.25, 0.3) is 0 Å². The predicted octanol–water partition coefficient (Wildman–Crippen LogP) is 4.22. The summed E-state index contributed by atoms with van der Waals surface area (Å²) in [5.74, 6) is 0. The van der Waals surface area contributed by atoms with Crippen LogP contribution in [0, 0.1) is 0 Å². The first-order valence-electron chi connectivity index (χ1n) is 5.01. The maximum Gasteiger partial charge on any atom is 0.0107 e. The Labute approximate surface area is 94.9 Å². The molecule has 0 saturated heterocycles. The van der Waals surface area contributed by atoms with Crippen LogP contribution in [0.3, 0.4) is 0 Å². The Morgan fingerprint density at radius 3 is 2.54 bits per heavy atom. The molecule has 0 fully saturated rings. The van der Waals surface area contributed by atoms with Crippen LogP contribution in [-0.2, 0) is 6.42 Å². The predicted molar refractivity (Wildman–Crippen MR) is 67.5 cm³/mol. The molecule has 13 heavy (non-hydrogen) atoms. The van der Waals surface area contributed by atoms with Crippen molar-refractivity contribution < 1.29 is 0 Å². The van der Waals surface area contributed by atoms with Crippen LogP contribution in [0.15, 0.2) is 30.3 Å². The second-order valence-corrected chi connectivity index (χ2v) is 5.14. The summed E-state index contributed by atoms with van der Waals surface area (Å²) < 4.78 is 0.862. The normalized spacial score (nSPS) is 12.8. The average Bonchev–Trinajstić information content (AvgIpc) is 2.19. The second kappa shape index (κ2) is 6.41. The van der Waals surface area contributed by atoms with E-state index in [4.69, 9.17) is 0 Å². The van der Waals surface area contributed by atoms with Crippen molar-refractivity contribution in [3.63, 3.8) is 0 Å². The summed E-state index contributed by atoms with van der Waals surface area (Å²) in [7, 11) is 0. The van der Waals surface area contributed by atoms with Crippen LogP contribution in [0.1, 0.15) is 31.7 Å². The van der Waals surface area contributed by atoms with Crippen LogP contribution in [-0.4, -0.2) is 3.92 Å². The molecule has 0 N–H and O–H groups in total. The van der Waals surface area contributed by atoms with Gasteiger partial charge in [0.1, 0.15) is 0 Å². The van der Waals surface area contributed by atoms with E-state index in [0.29, 0.717) is 0 Å². The van der Waals surface area contributed by atoms with Crippen molar-refractivity contribution in [3.8, 4) is 0 Å². The van der Waals surface area contributed by atoms with Crippen LogP contribution in [0.4, 0.5) is 0 Å². The van der Waals surface area contributed by atoms with E-state index in [1.54, 1.807) is 0 Å². The summed E-state index contributed by atoms with van der Waals surface area (Å²) in [6, 6.07) is 10.8. The van der Waals surface area contributed by atoms with Gasteiger partial charge in [-0.15, -0.1) is 0 Å². The van der Waals surface area contributed by atoms with Gasteiger partial charge in [0.05, 0.1) is 0 Å². The van der Waals surface area contributed by atoms with Crippen molar-refractivity contribution in [1.82, 2.24) is 0 Å². The molecule has 72 valence electrons. The molecule has 1 rings (SSSR count). The van der Waals surface area contributed by atoms with Crippen molar-refractivity contribution in [2.75, 3.05) is 0 Å². The van der Waals surface area contributed by atoms with Crippen molar-refractivity contribution in [2.24, 2.45) is 0 Å². The van der Waals surface area contributed by atoms with Crippen LogP contribution in [0.2, 0.25) is 0 Å². The molecule has 1 unspecified atom stereocenters. The monoisotopic (exact) mass is 288 g/mol. The highest BCUT2D eigenvalue weighted by molar-refractivity contribution is 14.1. The lowest BCUT2D eigenvalue weighted by molar-refractivity contribution is 0.699. The van der Waals surface area contributed by atoms with Crippen molar-refractivity contribution in [1.29, 1.82) is 0 Å². The van der Waals surface area contributed by atoms with E-state index < -0.39 is 0 Å². The molecular weight excluding hydrogens is 271 g/mol. The standard InChI is InChI=1S/C12H17I/c1-2-12(13)10-6-9-11-7-4-3-5-8-11/h3-5,7-8,12H,2,6,9-10H2,1H3. The molecule has 0 aliphatic heterocycles. The Morgan fingerprint density at radius 2 is 1.92 bits per heavy atom. The molecule has 0 aliphatic rings. The van der Waals surface area contributed by atoms with E-state index in [2.05, 4.69) is 59.8 Å². The zero-order chi connectivity index (χ0) is 9.52. The molecule has 0 saturated carbocycles. The summed E-state index contributed by atoms with van der Waals surface area (Å²) >= 11 is 2.55. The summed E-state index contributed by atoms with van der Waals surface area (Å²) in [4.78, 5) is 0. The van der Waals surface area contributed by atoms with Gasteiger partial charge in [0.15, 0.2) is 0 Å². The average molecular weight is 288 g/mol. The molecule has 1 atom stereocenters. The van der Waals surface area contributed by atoms with Crippen molar-refractivity contribution in [3.05, 3.63) is 35.9 Å². The largest absolute Gasteiger partial charge is 0.0826 e. The highest BCUT2D eigenvalue weighted by Crippen LogP contribution is 2.14. The van der Waals surface area contributed by atoms with Gasteiger partial charge < -0.3 is 0 Å². The fraction of sp³-hybridized carbons (Fsp3) is 0.500. The van der Waals surface area contributed by atoms with E-state index in [1.807, 2.05) is 0 Å². The molecule has 0 aliphatic carbocycles. The number of hydrogen-bond acceptors (Lipinski definition) is 0. The zero-order valence-corrected chi connectivity index (χ0v) is 10.3. The third-order valence-corrected chi connectivity index (χ3v) is 3.77. The smallest absolute Gasteiger partial charge is 0.0107 e. The third-order valence-electron chi connectivity index (χ3n) is 2.27. The molecule has 1 heteroatoms. The maximum absolute atomic E-state index is 2.55. The Hall–Kier alpha value is -0.0500. The molecule has 0 nitrogen and oxygen atoms in total. The van der Waals surface area contributed by atoms with E-state index in [1.165, 1.54) is 31.2 Å². The molecule has 1 aromatic carbocycles. The van der Waals surface area contributed by atoms with Gasteiger partial charge in [0.2, 0.25) is 0 Å². The fourth-order valence-corrected chi connectivity index (χ4v) is 1.82. The zero-order valence-electron chi connectivity index (χ0n) is 8.17. The minimum Gasteiger partial charge on any atom is -0.0826 e. The van der Waals surface area contributed by atoms with E-state index >= 15 is 0 Å². The Morgan fingerprint density at radius 1 is 1.23 bits per heavy atom. The van der Waals surface area contributed by atoms with Gasteiger partial charge in [0, 0.05) is 3.92 Å². The summed E-state index contributed by atoms with van der Waals surface area (Å²) in [5.41, 5.74) is 1.47. The minimum absolute atomic E-state index is 0.862.